The summed E-state index contributed by atoms with van der Waals surface area (Å²) in [5.41, 5.74) is 0. The van der Waals surface area contributed by atoms with Gasteiger partial charge in [-0.15, -0.1) is 0 Å². The van der Waals surface area contributed by atoms with Crippen LogP contribution in [0.4, 0.5) is 0 Å². The van der Waals surface area contributed by atoms with E-state index in [0.717, 1.165) is 38.5 Å². The third-order valence-corrected chi connectivity index (χ3v) is 3.94. The molecule has 0 rings (SSSR count). The van der Waals surface area contributed by atoms with Crippen molar-refractivity contribution in [1.82, 2.24) is 0 Å². The number of sulfone groups is 1. The van der Waals surface area contributed by atoms with Crippen molar-refractivity contribution in [2.45, 2.75) is 52.4 Å². The van der Waals surface area contributed by atoms with Crippen LogP contribution in [0.2, 0.25) is 0 Å². The first kappa shape index (κ1) is 12.9. The standard InChI is InChI=1S/C10H22O2S/c1-3-5-7-9-13(11,12)10-8-6-4-2/h3-10H2,1-2H3. The van der Waals surface area contributed by atoms with Crippen LogP contribution in [0.15, 0.2) is 0 Å². The van der Waals surface area contributed by atoms with Crippen molar-refractivity contribution in [3.63, 3.8) is 0 Å². The van der Waals surface area contributed by atoms with E-state index in [1.54, 1.807) is 0 Å². The van der Waals surface area contributed by atoms with Crippen LogP contribution in [0.3, 0.4) is 0 Å². The van der Waals surface area contributed by atoms with E-state index in [4.69, 9.17) is 0 Å². The topological polar surface area (TPSA) is 34.1 Å². The van der Waals surface area contributed by atoms with Gasteiger partial charge in [-0.2, -0.15) is 0 Å². The van der Waals surface area contributed by atoms with Crippen LogP contribution in [0.5, 0.6) is 0 Å². The zero-order valence-corrected chi connectivity index (χ0v) is 9.70. The molecule has 0 bridgehead atoms. The number of unbranched alkanes of at least 4 members (excludes halogenated alkanes) is 4. The van der Waals surface area contributed by atoms with Gasteiger partial charge in [0.15, 0.2) is 0 Å². The maximum absolute atomic E-state index is 11.4. The van der Waals surface area contributed by atoms with Crippen molar-refractivity contribution >= 4 is 9.84 Å². The number of rotatable bonds is 8. The minimum absolute atomic E-state index is 0.393. The number of hydrogen-bond donors (Lipinski definition) is 0. The molecular formula is C10H22O2S. The molecule has 0 heterocycles. The summed E-state index contributed by atoms with van der Waals surface area (Å²) in [6.07, 6.45) is 5.92. The van der Waals surface area contributed by atoms with Gasteiger partial charge < -0.3 is 0 Å². The summed E-state index contributed by atoms with van der Waals surface area (Å²) in [5.74, 6) is 0.787. The summed E-state index contributed by atoms with van der Waals surface area (Å²) in [5, 5.41) is 0. The van der Waals surface area contributed by atoms with Gasteiger partial charge >= 0.3 is 0 Å². The lowest BCUT2D eigenvalue weighted by Gasteiger charge is -2.02. The minimum Gasteiger partial charge on any atom is -0.229 e. The first-order valence-corrected chi connectivity index (χ1v) is 7.15. The minimum atomic E-state index is -2.73. The largest absolute Gasteiger partial charge is 0.229 e. The van der Waals surface area contributed by atoms with Gasteiger partial charge in [0.25, 0.3) is 0 Å². The molecule has 0 unspecified atom stereocenters. The van der Waals surface area contributed by atoms with E-state index in [1.165, 1.54) is 0 Å². The number of hydrogen-bond acceptors (Lipinski definition) is 2. The fourth-order valence-electron chi connectivity index (χ4n) is 1.25. The first-order valence-electron chi connectivity index (χ1n) is 5.32. The Bertz CT molecular complexity index is 179. The molecule has 0 atom stereocenters. The average molecular weight is 206 g/mol. The van der Waals surface area contributed by atoms with E-state index in [0.29, 0.717) is 11.5 Å². The summed E-state index contributed by atoms with van der Waals surface area (Å²) in [4.78, 5) is 0. The second-order valence-corrected chi connectivity index (χ2v) is 5.87. The van der Waals surface area contributed by atoms with E-state index in [2.05, 4.69) is 13.8 Å². The molecule has 0 aromatic rings. The highest BCUT2D eigenvalue weighted by molar-refractivity contribution is 7.91. The third kappa shape index (κ3) is 8.28. The van der Waals surface area contributed by atoms with Crippen LogP contribution in [0, 0.1) is 0 Å². The summed E-state index contributed by atoms with van der Waals surface area (Å²) in [6.45, 7) is 4.17. The lowest BCUT2D eigenvalue weighted by atomic mass is 10.3. The van der Waals surface area contributed by atoms with Gasteiger partial charge in [-0.25, -0.2) is 8.42 Å². The van der Waals surface area contributed by atoms with Crippen molar-refractivity contribution in [3.05, 3.63) is 0 Å². The summed E-state index contributed by atoms with van der Waals surface area (Å²) in [6, 6.07) is 0. The molecule has 0 aliphatic rings. The maximum Gasteiger partial charge on any atom is 0.150 e. The molecular weight excluding hydrogens is 184 g/mol. The van der Waals surface area contributed by atoms with Crippen molar-refractivity contribution < 1.29 is 8.42 Å². The van der Waals surface area contributed by atoms with E-state index in [-0.39, 0.29) is 0 Å². The Hall–Kier alpha value is -0.0500. The highest BCUT2D eigenvalue weighted by atomic mass is 32.2. The average Bonchev–Trinajstić information content (AvgIpc) is 2.05. The normalized spacial score (nSPS) is 11.8. The Kier molecular flexibility index (Phi) is 7.33. The van der Waals surface area contributed by atoms with Crippen LogP contribution in [0.25, 0.3) is 0 Å². The van der Waals surface area contributed by atoms with Crippen LogP contribution >= 0.6 is 0 Å². The Morgan fingerprint density at radius 1 is 0.769 bits per heavy atom. The van der Waals surface area contributed by atoms with Crippen molar-refractivity contribution in [2.75, 3.05) is 11.5 Å². The highest BCUT2D eigenvalue weighted by Gasteiger charge is 2.08. The third-order valence-electron chi connectivity index (χ3n) is 2.12. The Morgan fingerprint density at radius 3 is 1.46 bits per heavy atom. The van der Waals surface area contributed by atoms with Gasteiger partial charge in [0.2, 0.25) is 0 Å². The highest BCUT2D eigenvalue weighted by Crippen LogP contribution is 2.04. The molecule has 2 nitrogen and oxygen atoms in total. The van der Waals surface area contributed by atoms with Crippen molar-refractivity contribution in [3.8, 4) is 0 Å². The van der Waals surface area contributed by atoms with Gasteiger partial charge in [0.1, 0.15) is 9.84 Å². The summed E-state index contributed by atoms with van der Waals surface area (Å²) in [7, 11) is -2.73. The van der Waals surface area contributed by atoms with E-state index >= 15 is 0 Å². The van der Waals surface area contributed by atoms with Gasteiger partial charge in [-0.3, -0.25) is 0 Å². The molecule has 0 radical (unpaired) electrons. The fraction of sp³-hybridized carbons (Fsp3) is 1.00. The van der Waals surface area contributed by atoms with Crippen LogP contribution in [-0.4, -0.2) is 19.9 Å². The molecule has 13 heavy (non-hydrogen) atoms. The van der Waals surface area contributed by atoms with Crippen LogP contribution < -0.4 is 0 Å². The molecule has 0 aliphatic heterocycles. The first-order chi connectivity index (χ1) is 6.12. The predicted molar refractivity (Wildman–Crippen MR) is 57.7 cm³/mol. The lowest BCUT2D eigenvalue weighted by molar-refractivity contribution is 0.586. The van der Waals surface area contributed by atoms with Gasteiger partial charge in [-0.05, 0) is 12.8 Å². The molecule has 0 aliphatic carbocycles. The van der Waals surface area contributed by atoms with Gasteiger partial charge in [-0.1, -0.05) is 39.5 Å². The monoisotopic (exact) mass is 206 g/mol. The molecule has 0 N–H and O–H groups in total. The zero-order valence-electron chi connectivity index (χ0n) is 8.88. The molecule has 0 saturated carbocycles. The Morgan fingerprint density at radius 2 is 1.15 bits per heavy atom. The van der Waals surface area contributed by atoms with Gasteiger partial charge in [0, 0.05) is 0 Å². The van der Waals surface area contributed by atoms with E-state index in [9.17, 15) is 8.42 Å². The lowest BCUT2D eigenvalue weighted by Crippen LogP contribution is -2.10. The second-order valence-electron chi connectivity index (χ2n) is 3.57. The Labute approximate surface area is 82.6 Å². The molecule has 0 aromatic carbocycles. The van der Waals surface area contributed by atoms with Crippen LogP contribution in [-0.2, 0) is 9.84 Å². The Balaban J connectivity index is 3.55. The summed E-state index contributed by atoms with van der Waals surface area (Å²) >= 11 is 0. The molecule has 0 fully saturated rings. The molecule has 80 valence electrons. The van der Waals surface area contributed by atoms with Gasteiger partial charge in [0.05, 0.1) is 11.5 Å². The molecule has 0 spiro atoms. The molecule has 3 heteroatoms. The van der Waals surface area contributed by atoms with Crippen molar-refractivity contribution in [1.29, 1.82) is 0 Å². The second kappa shape index (κ2) is 7.36. The zero-order chi connectivity index (χ0) is 10.2. The SMILES string of the molecule is CCCCCS(=O)(=O)CCCCC. The van der Waals surface area contributed by atoms with E-state index < -0.39 is 9.84 Å². The molecule has 0 aromatic heterocycles. The predicted octanol–water partition coefficient (Wildman–Crippen LogP) is 2.78. The maximum atomic E-state index is 11.4. The molecule has 0 amide bonds. The smallest absolute Gasteiger partial charge is 0.150 e. The van der Waals surface area contributed by atoms with Crippen molar-refractivity contribution in [2.24, 2.45) is 0 Å². The van der Waals surface area contributed by atoms with Crippen LogP contribution in [0.1, 0.15) is 52.4 Å². The molecule has 0 saturated heterocycles. The fourth-order valence-corrected chi connectivity index (χ4v) is 2.74. The van der Waals surface area contributed by atoms with E-state index in [1.807, 2.05) is 0 Å². The summed E-state index contributed by atoms with van der Waals surface area (Å²) < 4.78 is 22.8. The quantitative estimate of drug-likeness (QED) is 0.572.